The molecule has 6 heteroatoms. The molecule has 2 aromatic carbocycles. The van der Waals surface area contributed by atoms with Gasteiger partial charge in [-0.05, 0) is 48.6 Å². The highest BCUT2D eigenvalue weighted by molar-refractivity contribution is 7.81. The first-order chi connectivity index (χ1) is 11.1. The van der Waals surface area contributed by atoms with Crippen LogP contribution in [-0.2, 0) is 9.59 Å². The zero-order valence-electron chi connectivity index (χ0n) is 12.4. The maximum atomic E-state index is 12.3. The van der Waals surface area contributed by atoms with Gasteiger partial charge in [-0.1, -0.05) is 18.2 Å². The van der Waals surface area contributed by atoms with Gasteiger partial charge in [0.1, 0.15) is 12.2 Å². The van der Waals surface area contributed by atoms with Gasteiger partial charge in [0, 0.05) is 0 Å². The number of methoxy groups -OCH3 is 1. The van der Waals surface area contributed by atoms with Crippen molar-refractivity contribution >= 4 is 40.5 Å². The Kier molecular flexibility index (Phi) is 4.08. The molecule has 0 aromatic heterocycles. The van der Waals surface area contributed by atoms with Crippen molar-refractivity contribution in [2.45, 2.75) is 6.42 Å². The lowest BCUT2D eigenvalue weighted by Crippen LogP contribution is -2.55. The van der Waals surface area contributed by atoms with Crippen LogP contribution in [0.2, 0.25) is 0 Å². The molecular weight excluding hydrogens is 312 g/mol. The normalized spacial score (nSPS) is 15.1. The summed E-state index contributed by atoms with van der Waals surface area (Å²) in [5.41, 5.74) is 1.25. The molecule has 0 saturated carbocycles. The molecule has 1 fully saturated rings. The van der Waals surface area contributed by atoms with Crippen LogP contribution in [0.15, 0.2) is 54.6 Å². The quantitative estimate of drug-likeness (QED) is 0.643. The summed E-state index contributed by atoms with van der Waals surface area (Å²) in [6.45, 7) is 0. The summed E-state index contributed by atoms with van der Waals surface area (Å²) in [4.78, 5) is 27.3. The molecule has 23 heavy (non-hydrogen) atoms. The predicted molar refractivity (Wildman–Crippen MR) is 91.6 cm³/mol. The number of thiocarbonyl (C=S) groups is 1. The molecule has 3 rings (SSSR count). The van der Waals surface area contributed by atoms with Crippen molar-refractivity contribution in [2.24, 2.45) is 0 Å². The molecule has 0 bridgehead atoms. The van der Waals surface area contributed by atoms with Crippen LogP contribution in [0.3, 0.4) is 0 Å². The van der Waals surface area contributed by atoms with Crippen LogP contribution in [0.1, 0.15) is 6.42 Å². The van der Waals surface area contributed by atoms with E-state index in [1.165, 1.54) is 9.80 Å². The van der Waals surface area contributed by atoms with E-state index in [1.807, 2.05) is 18.2 Å². The molecule has 1 saturated heterocycles. The van der Waals surface area contributed by atoms with Gasteiger partial charge in [-0.2, -0.15) is 0 Å². The first-order valence-electron chi connectivity index (χ1n) is 7.01. The molecule has 0 atom stereocenters. The summed E-state index contributed by atoms with van der Waals surface area (Å²) in [6, 6.07) is 16.0. The van der Waals surface area contributed by atoms with Crippen molar-refractivity contribution in [1.82, 2.24) is 0 Å². The van der Waals surface area contributed by atoms with E-state index < -0.39 is 0 Å². The van der Waals surface area contributed by atoms with E-state index in [9.17, 15) is 9.59 Å². The Morgan fingerprint density at radius 2 is 1.39 bits per heavy atom. The number of anilines is 2. The fourth-order valence-corrected chi connectivity index (χ4v) is 2.83. The summed E-state index contributed by atoms with van der Waals surface area (Å²) < 4.78 is 5.12. The van der Waals surface area contributed by atoms with Crippen LogP contribution in [-0.4, -0.2) is 24.0 Å². The van der Waals surface area contributed by atoms with Crippen molar-refractivity contribution in [1.29, 1.82) is 0 Å². The van der Waals surface area contributed by atoms with E-state index in [1.54, 1.807) is 43.5 Å². The van der Waals surface area contributed by atoms with Crippen LogP contribution >= 0.6 is 12.2 Å². The van der Waals surface area contributed by atoms with E-state index >= 15 is 0 Å². The van der Waals surface area contributed by atoms with Crippen molar-refractivity contribution in [3.63, 3.8) is 0 Å². The lowest BCUT2D eigenvalue weighted by atomic mass is 10.2. The fraction of sp³-hybridized carbons (Fsp3) is 0.118. The lowest BCUT2D eigenvalue weighted by molar-refractivity contribution is -0.126. The molecule has 1 aliphatic rings. The highest BCUT2D eigenvalue weighted by Crippen LogP contribution is 2.27. The number of carbonyl (C=O) groups excluding carboxylic acids is 2. The molecule has 0 radical (unpaired) electrons. The molecule has 0 unspecified atom stereocenters. The Morgan fingerprint density at radius 1 is 0.870 bits per heavy atom. The zero-order chi connectivity index (χ0) is 16.4. The van der Waals surface area contributed by atoms with E-state index in [-0.39, 0.29) is 23.3 Å². The van der Waals surface area contributed by atoms with E-state index in [0.29, 0.717) is 17.1 Å². The zero-order valence-corrected chi connectivity index (χ0v) is 13.2. The van der Waals surface area contributed by atoms with Gasteiger partial charge in [0.05, 0.1) is 18.5 Å². The minimum Gasteiger partial charge on any atom is -0.497 e. The van der Waals surface area contributed by atoms with E-state index in [0.717, 1.165) is 0 Å². The smallest absolute Gasteiger partial charge is 0.242 e. The Hall–Kier alpha value is -2.73. The minimum atomic E-state index is -0.336. The highest BCUT2D eigenvalue weighted by Gasteiger charge is 2.36. The second-order valence-electron chi connectivity index (χ2n) is 4.95. The Labute approximate surface area is 139 Å². The summed E-state index contributed by atoms with van der Waals surface area (Å²) >= 11 is 5.41. The van der Waals surface area contributed by atoms with Crippen molar-refractivity contribution in [2.75, 3.05) is 16.9 Å². The summed E-state index contributed by atoms with van der Waals surface area (Å²) in [7, 11) is 1.57. The van der Waals surface area contributed by atoms with Gasteiger partial charge >= 0.3 is 0 Å². The van der Waals surface area contributed by atoms with Crippen LogP contribution in [0.5, 0.6) is 5.75 Å². The fourth-order valence-electron chi connectivity index (χ4n) is 2.42. The number of ether oxygens (including phenoxy) is 1. The molecular formula is C17H14N2O3S. The average molecular weight is 326 g/mol. The molecule has 116 valence electrons. The lowest BCUT2D eigenvalue weighted by Gasteiger charge is -2.35. The first kappa shape index (κ1) is 15.2. The summed E-state index contributed by atoms with van der Waals surface area (Å²) in [6.07, 6.45) is -0.221. The van der Waals surface area contributed by atoms with Crippen LogP contribution in [0.25, 0.3) is 0 Å². The van der Waals surface area contributed by atoms with Gasteiger partial charge in [0.25, 0.3) is 0 Å². The predicted octanol–water partition coefficient (Wildman–Crippen LogP) is 2.75. The molecule has 0 N–H and O–H groups in total. The minimum absolute atomic E-state index is 0.155. The number of benzene rings is 2. The number of hydrogen-bond acceptors (Lipinski definition) is 4. The average Bonchev–Trinajstić information content (AvgIpc) is 2.56. The maximum Gasteiger partial charge on any atom is 0.242 e. The van der Waals surface area contributed by atoms with Gasteiger partial charge in [-0.15, -0.1) is 0 Å². The molecule has 2 amide bonds. The Balaban J connectivity index is 1.98. The number of hydrogen-bond donors (Lipinski definition) is 0. The van der Waals surface area contributed by atoms with Gasteiger partial charge < -0.3 is 4.74 Å². The van der Waals surface area contributed by atoms with Gasteiger partial charge in [0.2, 0.25) is 11.8 Å². The third-order valence-corrected chi connectivity index (χ3v) is 3.89. The number of amides is 2. The molecule has 2 aromatic rings. The Morgan fingerprint density at radius 3 is 1.91 bits per heavy atom. The number of para-hydroxylation sites is 1. The monoisotopic (exact) mass is 326 g/mol. The topological polar surface area (TPSA) is 49.9 Å². The molecule has 1 heterocycles. The second-order valence-corrected chi connectivity index (χ2v) is 5.32. The number of rotatable bonds is 3. The summed E-state index contributed by atoms with van der Waals surface area (Å²) in [5.74, 6) is 0.0217. The SMILES string of the molecule is COc1ccc(N2C(=O)CC(=O)N(c3ccccc3)C2=S)cc1. The van der Waals surface area contributed by atoms with E-state index in [2.05, 4.69) is 0 Å². The molecule has 0 spiro atoms. The van der Waals surface area contributed by atoms with Gasteiger partial charge in [0.15, 0.2) is 5.11 Å². The van der Waals surface area contributed by atoms with Gasteiger partial charge in [-0.3, -0.25) is 19.4 Å². The van der Waals surface area contributed by atoms with E-state index in [4.69, 9.17) is 17.0 Å². The third-order valence-electron chi connectivity index (χ3n) is 3.53. The van der Waals surface area contributed by atoms with Crippen molar-refractivity contribution in [3.8, 4) is 5.75 Å². The van der Waals surface area contributed by atoms with Crippen LogP contribution in [0, 0.1) is 0 Å². The van der Waals surface area contributed by atoms with Crippen LogP contribution < -0.4 is 14.5 Å². The maximum absolute atomic E-state index is 12.3. The standard InChI is InChI=1S/C17H14N2O3S/c1-22-14-9-7-13(8-10-14)19-16(21)11-15(20)18(17(19)23)12-5-3-2-4-6-12/h2-10H,11H2,1H3. The van der Waals surface area contributed by atoms with Crippen molar-refractivity contribution in [3.05, 3.63) is 54.6 Å². The number of carbonyl (C=O) groups is 2. The van der Waals surface area contributed by atoms with Gasteiger partial charge in [-0.25, -0.2) is 0 Å². The molecule has 5 nitrogen and oxygen atoms in total. The molecule has 1 aliphatic heterocycles. The highest BCUT2D eigenvalue weighted by atomic mass is 32.1. The summed E-state index contributed by atoms with van der Waals surface area (Å²) in [5, 5.41) is 0.155. The second kappa shape index (κ2) is 6.18. The molecule has 0 aliphatic carbocycles. The third kappa shape index (κ3) is 2.80. The van der Waals surface area contributed by atoms with Crippen LogP contribution in [0.4, 0.5) is 11.4 Å². The Bertz CT molecular complexity index is 759. The van der Waals surface area contributed by atoms with Crippen molar-refractivity contribution < 1.29 is 14.3 Å². The largest absolute Gasteiger partial charge is 0.497 e. The number of nitrogens with zero attached hydrogens (tertiary/aromatic N) is 2. The first-order valence-corrected chi connectivity index (χ1v) is 7.41.